The van der Waals surface area contributed by atoms with Crippen LogP contribution < -0.4 is 0 Å². The Morgan fingerprint density at radius 1 is 1.20 bits per heavy atom. The molecule has 1 fully saturated rings. The van der Waals surface area contributed by atoms with Crippen molar-refractivity contribution in [2.45, 2.75) is 45.8 Å². The van der Waals surface area contributed by atoms with Gasteiger partial charge in [0.15, 0.2) is 0 Å². The summed E-state index contributed by atoms with van der Waals surface area (Å²) in [5, 5.41) is 10.7. The minimum absolute atomic E-state index is 0.220. The third kappa shape index (κ3) is 3.40. The number of hydrogen-bond donors (Lipinski definition) is 1. The monoisotopic (exact) mass is 277 g/mol. The molecule has 3 nitrogen and oxygen atoms in total. The predicted molar refractivity (Wildman–Crippen MR) is 82.1 cm³/mol. The van der Waals surface area contributed by atoms with Crippen LogP contribution >= 0.6 is 0 Å². The van der Waals surface area contributed by atoms with E-state index in [2.05, 4.69) is 50.8 Å². The summed E-state index contributed by atoms with van der Waals surface area (Å²) < 4.78 is 5.40. The van der Waals surface area contributed by atoms with Gasteiger partial charge in [0, 0.05) is 25.0 Å². The Bertz CT molecular complexity index is 450. The van der Waals surface area contributed by atoms with E-state index in [0.29, 0.717) is 6.42 Å². The molecular weight excluding hydrogens is 250 g/mol. The largest absolute Gasteiger partial charge is 0.391 e. The molecular formula is C17H27NO2. The van der Waals surface area contributed by atoms with Gasteiger partial charge in [-0.2, -0.15) is 0 Å². The van der Waals surface area contributed by atoms with Crippen molar-refractivity contribution >= 4 is 0 Å². The number of ether oxygens (including phenoxy) is 1. The molecule has 0 spiro atoms. The molecule has 1 aliphatic heterocycles. The first-order chi connectivity index (χ1) is 9.41. The summed E-state index contributed by atoms with van der Waals surface area (Å²) in [6, 6.07) is 6.45. The lowest BCUT2D eigenvalue weighted by atomic mass is 9.89. The Morgan fingerprint density at radius 3 is 2.45 bits per heavy atom. The number of hydrogen-bond acceptors (Lipinski definition) is 3. The van der Waals surface area contributed by atoms with Gasteiger partial charge in [0.2, 0.25) is 0 Å². The molecule has 0 aliphatic carbocycles. The van der Waals surface area contributed by atoms with Gasteiger partial charge >= 0.3 is 0 Å². The second-order valence-electron chi connectivity index (χ2n) is 6.39. The van der Waals surface area contributed by atoms with Gasteiger partial charge in [-0.05, 0) is 44.4 Å². The number of benzene rings is 1. The lowest BCUT2D eigenvalue weighted by molar-refractivity contribution is -0.0612. The highest BCUT2D eigenvalue weighted by atomic mass is 16.5. The predicted octanol–water partition coefficient (Wildman–Crippen LogP) is 2.32. The van der Waals surface area contributed by atoms with Crippen LogP contribution in [0.3, 0.4) is 0 Å². The molecule has 0 amide bonds. The van der Waals surface area contributed by atoms with Crippen molar-refractivity contribution in [3.05, 3.63) is 34.9 Å². The van der Waals surface area contributed by atoms with Crippen LogP contribution in [0, 0.1) is 13.8 Å². The van der Waals surface area contributed by atoms with Crippen molar-refractivity contribution in [1.29, 1.82) is 0 Å². The SMILES string of the molecule is Cc1ccc(CC(O)C(C)(C)N2CCOCC2)cc1C. The van der Waals surface area contributed by atoms with Crippen LogP contribution in [0.15, 0.2) is 18.2 Å². The Balaban J connectivity index is 2.05. The summed E-state index contributed by atoms with van der Waals surface area (Å²) >= 11 is 0. The average Bonchev–Trinajstić information content (AvgIpc) is 2.44. The fraction of sp³-hybridized carbons (Fsp3) is 0.647. The maximum Gasteiger partial charge on any atom is 0.0758 e. The summed E-state index contributed by atoms with van der Waals surface area (Å²) in [4.78, 5) is 2.34. The molecule has 20 heavy (non-hydrogen) atoms. The number of aliphatic hydroxyl groups is 1. The molecule has 1 saturated heterocycles. The van der Waals surface area contributed by atoms with Gasteiger partial charge in [-0.1, -0.05) is 18.2 Å². The van der Waals surface area contributed by atoms with E-state index in [9.17, 15) is 5.11 Å². The second kappa shape index (κ2) is 6.25. The summed E-state index contributed by atoms with van der Waals surface area (Å²) in [6.45, 7) is 11.8. The third-order valence-electron chi connectivity index (χ3n) is 4.64. The molecule has 0 aromatic heterocycles. The summed E-state index contributed by atoms with van der Waals surface area (Å²) in [5.41, 5.74) is 3.58. The first-order valence-corrected chi connectivity index (χ1v) is 7.48. The van der Waals surface area contributed by atoms with Crippen LogP contribution in [-0.2, 0) is 11.2 Å². The minimum atomic E-state index is -0.372. The fourth-order valence-corrected chi connectivity index (χ4v) is 2.75. The molecule has 1 unspecified atom stereocenters. The molecule has 1 aromatic carbocycles. The van der Waals surface area contributed by atoms with Crippen LogP contribution in [0.2, 0.25) is 0 Å². The molecule has 1 N–H and O–H groups in total. The zero-order valence-corrected chi connectivity index (χ0v) is 13.1. The lowest BCUT2D eigenvalue weighted by Crippen LogP contribution is -2.56. The van der Waals surface area contributed by atoms with Crippen LogP contribution in [0.1, 0.15) is 30.5 Å². The number of rotatable bonds is 4. The molecule has 1 aliphatic rings. The summed E-state index contributed by atoms with van der Waals surface area (Å²) in [6.07, 6.45) is 0.327. The normalized spacial score (nSPS) is 19.1. The quantitative estimate of drug-likeness (QED) is 0.917. The minimum Gasteiger partial charge on any atom is -0.391 e. The third-order valence-corrected chi connectivity index (χ3v) is 4.64. The maximum atomic E-state index is 10.7. The van der Waals surface area contributed by atoms with Crippen LogP contribution in [0.5, 0.6) is 0 Å². The standard InChI is InChI=1S/C17H27NO2/c1-13-5-6-15(11-14(13)2)12-16(19)17(3,4)18-7-9-20-10-8-18/h5-6,11,16,19H,7-10,12H2,1-4H3. The maximum absolute atomic E-state index is 10.7. The zero-order chi connectivity index (χ0) is 14.8. The van der Waals surface area contributed by atoms with E-state index in [1.807, 2.05) is 0 Å². The molecule has 3 heteroatoms. The van der Waals surface area contributed by atoms with E-state index in [1.54, 1.807) is 0 Å². The molecule has 2 rings (SSSR count). The van der Waals surface area contributed by atoms with Crippen molar-refractivity contribution in [3.63, 3.8) is 0 Å². The topological polar surface area (TPSA) is 32.7 Å². The highest BCUT2D eigenvalue weighted by Gasteiger charge is 2.35. The average molecular weight is 277 g/mol. The van der Waals surface area contributed by atoms with Crippen molar-refractivity contribution in [2.75, 3.05) is 26.3 Å². The van der Waals surface area contributed by atoms with Gasteiger partial charge in [-0.3, -0.25) is 4.90 Å². The molecule has 0 bridgehead atoms. The van der Waals surface area contributed by atoms with Gasteiger partial charge in [-0.15, -0.1) is 0 Å². The van der Waals surface area contributed by atoms with Crippen LogP contribution in [0.25, 0.3) is 0 Å². The fourth-order valence-electron chi connectivity index (χ4n) is 2.75. The first-order valence-electron chi connectivity index (χ1n) is 7.48. The summed E-state index contributed by atoms with van der Waals surface area (Å²) in [7, 11) is 0. The van der Waals surface area contributed by atoms with E-state index >= 15 is 0 Å². The number of nitrogens with zero attached hydrogens (tertiary/aromatic N) is 1. The van der Waals surface area contributed by atoms with Crippen molar-refractivity contribution in [2.24, 2.45) is 0 Å². The highest BCUT2D eigenvalue weighted by molar-refractivity contribution is 5.30. The molecule has 1 heterocycles. The highest BCUT2D eigenvalue weighted by Crippen LogP contribution is 2.24. The number of aryl methyl sites for hydroxylation is 2. The van der Waals surface area contributed by atoms with E-state index in [1.165, 1.54) is 16.7 Å². The van der Waals surface area contributed by atoms with Crippen molar-refractivity contribution < 1.29 is 9.84 Å². The second-order valence-corrected chi connectivity index (χ2v) is 6.39. The van der Waals surface area contributed by atoms with E-state index in [4.69, 9.17) is 4.74 Å². The van der Waals surface area contributed by atoms with Gasteiger partial charge in [0.05, 0.1) is 19.3 Å². The number of morpholine rings is 1. The Hall–Kier alpha value is -0.900. The molecule has 0 saturated carbocycles. The Morgan fingerprint density at radius 2 is 1.85 bits per heavy atom. The molecule has 1 atom stereocenters. The Kier molecular flexibility index (Phi) is 4.84. The number of aliphatic hydroxyl groups excluding tert-OH is 1. The van der Waals surface area contributed by atoms with Gasteiger partial charge in [0.25, 0.3) is 0 Å². The van der Waals surface area contributed by atoms with Crippen molar-refractivity contribution in [3.8, 4) is 0 Å². The van der Waals surface area contributed by atoms with Crippen LogP contribution in [-0.4, -0.2) is 48.0 Å². The van der Waals surface area contributed by atoms with E-state index in [0.717, 1.165) is 26.3 Å². The lowest BCUT2D eigenvalue weighted by Gasteiger charge is -2.43. The molecule has 0 radical (unpaired) electrons. The summed E-state index contributed by atoms with van der Waals surface area (Å²) in [5.74, 6) is 0. The van der Waals surface area contributed by atoms with Gasteiger partial charge < -0.3 is 9.84 Å². The smallest absolute Gasteiger partial charge is 0.0758 e. The first kappa shape index (κ1) is 15.5. The van der Waals surface area contributed by atoms with Gasteiger partial charge in [-0.25, -0.2) is 0 Å². The van der Waals surface area contributed by atoms with Crippen molar-refractivity contribution in [1.82, 2.24) is 4.90 Å². The van der Waals surface area contributed by atoms with E-state index < -0.39 is 0 Å². The van der Waals surface area contributed by atoms with Gasteiger partial charge in [0.1, 0.15) is 0 Å². The zero-order valence-electron chi connectivity index (χ0n) is 13.1. The molecule has 112 valence electrons. The Labute approximate surface area is 122 Å². The van der Waals surface area contributed by atoms with Crippen LogP contribution in [0.4, 0.5) is 0 Å². The van der Waals surface area contributed by atoms with E-state index in [-0.39, 0.29) is 11.6 Å². The molecule has 1 aromatic rings.